The van der Waals surface area contributed by atoms with E-state index in [1.165, 1.54) is 18.2 Å². The number of benzene rings is 2. The summed E-state index contributed by atoms with van der Waals surface area (Å²) in [5.74, 6) is -0.481. The quantitative estimate of drug-likeness (QED) is 0.483. The fraction of sp³-hybridized carbons (Fsp3) is 0.133. The number of para-hydroxylation sites is 1. The lowest BCUT2D eigenvalue weighted by molar-refractivity contribution is -0.385. The van der Waals surface area contributed by atoms with Gasteiger partial charge in [0.2, 0.25) is 0 Å². The largest absolute Gasteiger partial charge is 0.322 e. The van der Waals surface area contributed by atoms with Crippen molar-refractivity contribution in [3.05, 3.63) is 66.8 Å². The minimum absolute atomic E-state index is 0.0538. The molecule has 0 saturated carbocycles. The Labute approximate surface area is 135 Å². The molecule has 0 bridgehead atoms. The zero-order valence-corrected chi connectivity index (χ0v) is 13.7. The molecule has 2 rings (SSSR count). The third-order valence-corrected chi connectivity index (χ3v) is 4.26. The van der Waals surface area contributed by atoms with Crippen LogP contribution in [0.15, 0.2) is 36.4 Å². The highest BCUT2D eigenvalue weighted by Crippen LogP contribution is 2.24. The molecule has 2 aromatic carbocycles. The van der Waals surface area contributed by atoms with E-state index in [0.717, 1.165) is 14.7 Å². The molecule has 0 spiro atoms. The van der Waals surface area contributed by atoms with E-state index in [2.05, 4.69) is 27.9 Å². The molecule has 1 amide bonds. The zero-order valence-electron chi connectivity index (χ0n) is 11.5. The van der Waals surface area contributed by atoms with Crippen molar-refractivity contribution < 1.29 is 9.72 Å². The van der Waals surface area contributed by atoms with Crippen molar-refractivity contribution in [2.24, 2.45) is 0 Å². The van der Waals surface area contributed by atoms with Gasteiger partial charge in [0.1, 0.15) is 5.56 Å². The summed E-state index contributed by atoms with van der Waals surface area (Å²) < 4.78 is 1.11. The summed E-state index contributed by atoms with van der Waals surface area (Å²) in [5.41, 5.74) is 2.47. The maximum Gasteiger partial charge on any atom is 0.282 e. The highest BCUT2D eigenvalue weighted by molar-refractivity contribution is 14.1. The molecule has 0 aliphatic heterocycles. The highest BCUT2D eigenvalue weighted by atomic mass is 127. The Morgan fingerprint density at radius 1 is 1.19 bits per heavy atom. The lowest BCUT2D eigenvalue weighted by atomic mass is 10.1. The van der Waals surface area contributed by atoms with Crippen LogP contribution < -0.4 is 5.32 Å². The minimum Gasteiger partial charge on any atom is -0.322 e. The summed E-state index contributed by atoms with van der Waals surface area (Å²) in [6.45, 7) is 3.83. The summed E-state index contributed by atoms with van der Waals surface area (Å²) in [5, 5.41) is 13.7. The van der Waals surface area contributed by atoms with Gasteiger partial charge in [-0.05, 0) is 65.8 Å². The van der Waals surface area contributed by atoms with E-state index >= 15 is 0 Å². The van der Waals surface area contributed by atoms with Crippen molar-refractivity contribution in [1.29, 1.82) is 0 Å². The SMILES string of the molecule is Cc1cc(NC(=O)c2ccccc2[N+](=O)[O-])c(C)cc1I. The van der Waals surface area contributed by atoms with Gasteiger partial charge >= 0.3 is 0 Å². The molecule has 2 aromatic rings. The second-order valence-corrected chi connectivity index (χ2v) is 5.81. The van der Waals surface area contributed by atoms with Gasteiger partial charge in [0.25, 0.3) is 11.6 Å². The number of anilines is 1. The van der Waals surface area contributed by atoms with Gasteiger partial charge in [0, 0.05) is 15.3 Å². The lowest BCUT2D eigenvalue weighted by Crippen LogP contribution is -2.14. The Morgan fingerprint density at radius 3 is 2.52 bits per heavy atom. The van der Waals surface area contributed by atoms with Crippen LogP contribution in [-0.2, 0) is 0 Å². The molecular formula is C15H13IN2O3. The molecule has 0 fully saturated rings. The van der Waals surface area contributed by atoms with E-state index in [9.17, 15) is 14.9 Å². The van der Waals surface area contributed by atoms with E-state index < -0.39 is 10.8 Å². The number of aryl methyl sites for hydroxylation is 2. The number of carbonyl (C=O) groups is 1. The first-order valence-corrected chi connectivity index (χ1v) is 7.29. The third kappa shape index (κ3) is 3.38. The van der Waals surface area contributed by atoms with Crippen LogP contribution in [0.5, 0.6) is 0 Å². The number of nitro benzene ring substituents is 1. The molecule has 0 unspecified atom stereocenters. The van der Waals surface area contributed by atoms with Gasteiger partial charge in [-0.3, -0.25) is 14.9 Å². The summed E-state index contributed by atoms with van der Waals surface area (Å²) in [6, 6.07) is 9.74. The highest BCUT2D eigenvalue weighted by Gasteiger charge is 2.19. The number of nitrogens with one attached hydrogen (secondary N) is 1. The summed E-state index contributed by atoms with van der Waals surface area (Å²) in [6.07, 6.45) is 0. The van der Waals surface area contributed by atoms with E-state index in [0.29, 0.717) is 5.69 Å². The van der Waals surface area contributed by atoms with Gasteiger partial charge < -0.3 is 5.32 Å². The topological polar surface area (TPSA) is 72.2 Å². The Hall–Kier alpha value is -1.96. The van der Waals surface area contributed by atoms with E-state index in [4.69, 9.17) is 0 Å². The molecule has 0 aromatic heterocycles. The summed E-state index contributed by atoms with van der Waals surface area (Å²) in [7, 11) is 0. The predicted molar refractivity (Wildman–Crippen MR) is 89.7 cm³/mol. The summed E-state index contributed by atoms with van der Waals surface area (Å²) >= 11 is 2.22. The van der Waals surface area contributed by atoms with Crippen LogP contribution >= 0.6 is 22.6 Å². The standard InChI is InChI=1S/C15H13IN2O3/c1-9-8-13(10(2)7-12(9)16)17-15(19)11-5-3-4-6-14(11)18(20)21/h3-8H,1-2H3,(H,17,19). The monoisotopic (exact) mass is 396 g/mol. The van der Waals surface area contributed by atoms with Gasteiger partial charge in [-0.25, -0.2) is 0 Å². The first kappa shape index (κ1) is 15.4. The number of hydrogen-bond acceptors (Lipinski definition) is 3. The lowest BCUT2D eigenvalue weighted by Gasteiger charge is -2.11. The van der Waals surface area contributed by atoms with E-state index in [1.54, 1.807) is 6.07 Å². The van der Waals surface area contributed by atoms with Gasteiger partial charge in [0.05, 0.1) is 4.92 Å². The molecular weight excluding hydrogens is 383 g/mol. The molecule has 21 heavy (non-hydrogen) atoms. The number of halogens is 1. The smallest absolute Gasteiger partial charge is 0.282 e. The van der Waals surface area contributed by atoms with Gasteiger partial charge in [-0.2, -0.15) is 0 Å². The van der Waals surface area contributed by atoms with Crippen molar-refractivity contribution in [1.82, 2.24) is 0 Å². The normalized spacial score (nSPS) is 10.2. The Bertz CT molecular complexity index is 729. The van der Waals surface area contributed by atoms with Crippen molar-refractivity contribution in [2.75, 3.05) is 5.32 Å². The van der Waals surface area contributed by atoms with Crippen LogP contribution in [0.4, 0.5) is 11.4 Å². The molecule has 0 heterocycles. The number of nitrogens with zero attached hydrogens (tertiary/aromatic N) is 1. The van der Waals surface area contributed by atoms with Crippen molar-refractivity contribution in [3.63, 3.8) is 0 Å². The molecule has 5 nitrogen and oxygen atoms in total. The zero-order chi connectivity index (χ0) is 15.6. The Balaban J connectivity index is 2.35. The van der Waals surface area contributed by atoms with Gasteiger partial charge in [-0.15, -0.1) is 0 Å². The first-order valence-electron chi connectivity index (χ1n) is 6.21. The van der Waals surface area contributed by atoms with Crippen LogP contribution in [0, 0.1) is 27.5 Å². The second-order valence-electron chi connectivity index (χ2n) is 4.64. The van der Waals surface area contributed by atoms with Crippen molar-refractivity contribution >= 4 is 39.9 Å². The Morgan fingerprint density at radius 2 is 1.86 bits per heavy atom. The summed E-state index contributed by atoms with van der Waals surface area (Å²) in [4.78, 5) is 22.7. The number of amides is 1. The van der Waals surface area contributed by atoms with Crippen molar-refractivity contribution in [2.45, 2.75) is 13.8 Å². The first-order chi connectivity index (χ1) is 9.90. The van der Waals surface area contributed by atoms with Crippen LogP contribution in [0.25, 0.3) is 0 Å². The van der Waals surface area contributed by atoms with Gasteiger partial charge in [-0.1, -0.05) is 12.1 Å². The molecule has 0 aliphatic rings. The number of carbonyl (C=O) groups excluding carboxylic acids is 1. The maximum atomic E-state index is 12.3. The molecule has 1 N–H and O–H groups in total. The minimum atomic E-state index is -0.555. The van der Waals surface area contributed by atoms with Crippen LogP contribution in [0.1, 0.15) is 21.5 Å². The van der Waals surface area contributed by atoms with Crippen LogP contribution in [-0.4, -0.2) is 10.8 Å². The van der Waals surface area contributed by atoms with E-state index in [-0.39, 0.29) is 11.3 Å². The fourth-order valence-corrected chi connectivity index (χ4v) is 2.55. The van der Waals surface area contributed by atoms with Crippen LogP contribution in [0.2, 0.25) is 0 Å². The molecule has 108 valence electrons. The van der Waals surface area contributed by atoms with Crippen LogP contribution in [0.3, 0.4) is 0 Å². The number of nitro groups is 1. The molecule has 0 atom stereocenters. The fourth-order valence-electron chi connectivity index (χ4n) is 1.93. The predicted octanol–water partition coefficient (Wildman–Crippen LogP) is 4.07. The van der Waals surface area contributed by atoms with Crippen molar-refractivity contribution in [3.8, 4) is 0 Å². The maximum absolute atomic E-state index is 12.3. The average Bonchev–Trinajstić information content (AvgIpc) is 2.44. The Kier molecular flexibility index (Phi) is 4.56. The van der Waals surface area contributed by atoms with Gasteiger partial charge in [0.15, 0.2) is 0 Å². The number of hydrogen-bond donors (Lipinski definition) is 1. The second kappa shape index (κ2) is 6.21. The molecule has 0 saturated heterocycles. The number of rotatable bonds is 3. The molecule has 0 radical (unpaired) electrons. The third-order valence-electron chi connectivity index (χ3n) is 3.10. The molecule has 6 heteroatoms. The molecule has 0 aliphatic carbocycles. The average molecular weight is 396 g/mol. The van der Waals surface area contributed by atoms with E-state index in [1.807, 2.05) is 26.0 Å².